The highest BCUT2D eigenvalue weighted by Gasteiger charge is 2.39. The van der Waals surface area contributed by atoms with Crippen LogP contribution in [-0.2, 0) is 19.1 Å². The van der Waals surface area contributed by atoms with Crippen LogP contribution < -0.4 is 0 Å². The van der Waals surface area contributed by atoms with Gasteiger partial charge in [-0.2, -0.15) is 0 Å². The number of unbranched alkanes of at least 4 members (excludes halogenated alkanes) is 6. The Morgan fingerprint density at radius 2 is 1.83 bits per heavy atom. The maximum absolute atomic E-state index is 11.6. The van der Waals surface area contributed by atoms with Crippen molar-refractivity contribution in [2.45, 2.75) is 63.6 Å². The molecule has 0 amide bonds. The molecule has 1 aliphatic rings. The van der Waals surface area contributed by atoms with Gasteiger partial charge in [-0.3, -0.25) is 4.79 Å². The van der Waals surface area contributed by atoms with Crippen LogP contribution in [0.1, 0.15) is 51.4 Å². The highest BCUT2D eigenvalue weighted by atomic mass is 16.6. The Hall–Kier alpha value is -2.02. The van der Waals surface area contributed by atoms with E-state index in [-0.39, 0.29) is 6.42 Å². The van der Waals surface area contributed by atoms with Gasteiger partial charge in [-0.25, -0.2) is 4.79 Å². The largest absolute Gasteiger partial charge is 0.505 e. The van der Waals surface area contributed by atoms with Gasteiger partial charge in [-0.15, -0.1) is 6.58 Å². The van der Waals surface area contributed by atoms with Crippen LogP contribution in [0, 0.1) is 0 Å². The van der Waals surface area contributed by atoms with Gasteiger partial charge in [0, 0.05) is 6.42 Å². The predicted molar refractivity (Wildman–Crippen MR) is 86.3 cm³/mol. The Kier molecular flexibility index (Phi) is 8.93. The minimum atomic E-state index is -1.42. The fourth-order valence-corrected chi connectivity index (χ4v) is 2.33. The van der Waals surface area contributed by atoms with E-state index in [9.17, 15) is 19.8 Å². The SMILES string of the molecule is C=CCCCCCCCCC(=O)OCC(O)C1OC(=O)C(O)=C1O. The van der Waals surface area contributed by atoms with Crippen molar-refractivity contribution in [3.05, 3.63) is 24.2 Å². The number of hydrogen-bond donors (Lipinski definition) is 3. The second-order valence-electron chi connectivity index (χ2n) is 5.76. The first kappa shape index (κ1) is 20.0. The Morgan fingerprint density at radius 3 is 2.42 bits per heavy atom. The summed E-state index contributed by atoms with van der Waals surface area (Å²) in [4.78, 5) is 22.6. The lowest BCUT2D eigenvalue weighted by atomic mass is 10.1. The number of aliphatic hydroxyl groups is 3. The minimum Gasteiger partial charge on any atom is -0.505 e. The van der Waals surface area contributed by atoms with E-state index >= 15 is 0 Å². The van der Waals surface area contributed by atoms with Crippen molar-refractivity contribution < 1.29 is 34.4 Å². The van der Waals surface area contributed by atoms with Crippen molar-refractivity contribution in [3.8, 4) is 0 Å². The molecule has 0 aromatic heterocycles. The molecule has 1 aliphatic heterocycles. The monoisotopic (exact) mass is 342 g/mol. The topological polar surface area (TPSA) is 113 Å². The van der Waals surface area contributed by atoms with E-state index in [2.05, 4.69) is 11.3 Å². The summed E-state index contributed by atoms with van der Waals surface area (Å²) in [7, 11) is 0. The van der Waals surface area contributed by atoms with E-state index < -0.39 is 42.3 Å². The molecule has 3 N–H and O–H groups in total. The van der Waals surface area contributed by atoms with Crippen LogP contribution in [0.3, 0.4) is 0 Å². The Balaban J connectivity index is 2.09. The van der Waals surface area contributed by atoms with Gasteiger partial charge in [0.2, 0.25) is 5.76 Å². The van der Waals surface area contributed by atoms with Gasteiger partial charge in [0.15, 0.2) is 11.9 Å². The lowest BCUT2D eigenvalue weighted by molar-refractivity contribution is -0.154. The van der Waals surface area contributed by atoms with Gasteiger partial charge in [-0.05, 0) is 19.3 Å². The zero-order chi connectivity index (χ0) is 17.9. The van der Waals surface area contributed by atoms with Crippen LogP contribution in [0.2, 0.25) is 0 Å². The zero-order valence-electron chi connectivity index (χ0n) is 13.8. The number of carbonyl (C=O) groups excluding carboxylic acids is 2. The summed E-state index contributed by atoms with van der Waals surface area (Å²) >= 11 is 0. The molecule has 0 radical (unpaired) electrons. The molecule has 2 atom stereocenters. The first-order chi connectivity index (χ1) is 11.5. The summed E-state index contributed by atoms with van der Waals surface area (Å²) < 4.78 is 9.46. The number of cyclic esters (lactones) is 1. The number of ether oxygens (including phenoxy) is 2. The molecule has 0 fully saturated rings. The number of aliphatic hydroxyl groups excluding tert-OH is 3. The molecule has 0 saturated heterocycles. The molecule has 0 saturated carbocycles. The number of rotatable bonds is 12. The van der Waals surface area contributed by atoms with Crippen LogP contribution in [0.25, 0.3) is 0 Å². The van der Waals surface area contributed by atoms with Crippen molar-refractivity contribution in [3.63, 3.8) is 0 Å². The van der Waals surface area contributed by atoms with E-state index in [0.717, 1.165) is 38.5 Å². The summed E-state index contributed by atoms with van der Waals surface area (Å²) in [5.74, 6) is -3.26. The van der Waals surface area contributed by atoms with Gasteiger partial charge in [0.1, 0.15) is 12.7 Å². The van der Waals surface area contributed by atoms with Crippen molar-refractivity contribution in [1.29, 1.82) is 0 Å². The maximum atomic E-state index is 11.6. The molecule has 0 spiro atoms. The summed E-state index contributed by atoms with van der Waals surface area (Å²) in [6, 6.07) is 0. The van der Waals surface area contributed by atoms with Crippen molar-refractivity contribution >= 4 is 11.9 Å². The van der Waals surface area contributed by atoms with Gasteiger partial charge >= 0.3 is 11.9 Å². The van der Waals surface area contributed by atoms with E-state index in [1.54, 1.807) is 0 Å². The van der Waals surface area contributed by atoms with Crippen LogP contribution in [-0.4, -0.2) is 46.1 Å². The fourth-order valence-electron chi connectivity index (χ4n) is 2.33. The summed E-state index contributed by atoms with van der Waals surface area (Å²) in [6.45, 7) is 3.25. The average Bonchev–Trinajstić information content (AvgIpc) is 2.82. The van der Waals surface area contributed by atoms with Gasteiger partial charge in [0.05, 0.1) is 0 Å². The second kappa shape index (κ2) is 10.7. The first-order valence-electron chi connectivity index (χ1n) is 8.25. The molecule has 0 aromatic carbocycles. The molecular weight excluding hydrogens is 316 g/mol. The second-order valence-corrected chi connectivity index (χ2v) is 5.76. The predicted octanol–water partition coefficient (Wildman–Crippen LogP) is 2.45. The van der Waals surface area contributed by atoms with Gasteiger partial charge < -0.3 is 24.8 Å². The van der Waals surface area contributed by atoms with E-state index in [0.29, 0.717) is 6.42 Å². The van der Waals surface area contributed by atoms with E-state index in [1.807, 2.05) is 6.08 Å². The third kappa shape index (κ3) is 6.62. The first-order valence-corrected chi connectivity index (χ1v) is 8.25. The van der Waals surface area contributed by atoms with Gasteiger partial charge in [0.25, 0.3) is 0 Å². The molecule has 7 nitrogen and oxygen atoms in total. The van der Waals surface area contributed by atoms with E-state index in [1.165, 1.54) is 0 Å². The Labute approximate surface area is 141 Å². The smallest absolute Gasteiger partial charge is 0.377 e. The highest BCUT2D eigenvalue weighted by molar-refractivity contribution is 5.89. The quantitative estimate of drug-likeness (QED) is 0.283. The zero-order valence-corrected chi connectivity index (χ0v) is 13.8. The maximum Gasteiger partial charge on any atom is 0.377 e. The number of hydrogen-bond acceptors (Lipinski definition) is 7. The van der Waals surface area contributed by atoms with Gasteiger partial charge in [-0.1, -0.05) is 31.8 Å². The van der Waals surface area contributed by atoms with Crippen molar-refractivity contribution in [1.82, 2.24) is 0 Å². The third-order valence-electron chi connectivity index (χ3n) is 3.74. The standard InChI is InChI=1S/C17H26O7/c1-2-3-4-5-6-7-8-9-10-13(19)23-11-12(18)16-14(20)15(21)17(22)24-16/h2,12,16,18,20-21H,1,3-11H2. The molecule has 1 rings (SSSR count). The molecular formula is C17H26O7. The van der Waals surface area contributed by atoms with E-state index in [4.69, 9.17) is 9.84 Å². The fraction of sp³-hybridized carbons (Fsp3) is 0.647. The van der Waals surface area contributed by atoms with Crippen LogP contribution in [0.4, 0.5) is 0 Å². The molecule has 1 heterocycles. The van der Waals surface area contributed by atoms with Crippen molar-refractivity contribution in [2.24, 2.45) is 0 Å². The lowest BCUT2D eigenvalue weighted by Gasteiger charge is -2.17. The molecule has 2 unspecified atom stereocenters. The number of carbonyl (C=O) groups is 2. The average molecular weight is 342 g/mol. The summed E-state index contributed by atoms with van der Waals surface area (Å²) in [5.41, 5.74) is 0. The normalized spacial score (nSPS) is 18.4. The molecule has 24 heavy (non-hydrogen) atoms. The minimum absolute atomic E-state index is 0.247. The van der Waals surface area contributed by atoms with Crippen molar-refractivity contribution in [2.75, 3.05) is 6.61 Å². The lowest BCUT2D eigenvalue weighted by Crippen LogP contribution is -2.33. The molecule has 7 heteroatoms. The molecule has 0 bridgehead atoms. The Morgan fingerprint density at radius 1 is 1.21 bits per heavy atom. The molecule has 0 aromatic rings. The molecule has 0 aliphatic carbocycles. The summed E-state index contributed by atoms with van der Waals surface area (Å²) in [5, 5.41) is 28.3. The number of allylic oxidation sites excluding steroid dienone is 1. The third-order valence-corrected chi connectivity index (χ3v) is 3.74. The summed E-state index contributed by atoms with van der Waals surface area (Å²) in [6.07, 6.45) is 6.50. The highest BCUT2D eigenvalue weighted by Crippen LogP contribution is 2.21. The van der Waals surface area contributed by atoms with Crippen LogP contribution in [0.15, 0.2) is 24.2 Å². The molecule has 136 valence electrons. The number of esters is 2. The van der Waals surface area contributed by atoms with Crippen LogP contribution >= 0.6 is 0 Å². The Bertz CT molecular complexity index is 470. The van der Waals surface area contributed by atoms with Crippen LogP contribution in [0.5, 0.6) is 0 Å².